The molecule has 27 heavy (non-hydrogen) atoms. The van der Waals surface area contributed by atoms with Crippen LogP contribution in [0.3, 0.4) is 0 Å². The number of hydrogen-bond acceptors (Lipinski definition) is 5. The van der Waals surface area contributed by atoms with Gasteiger partial charge in [0, 0.05) is 17.1 Å². The van der Waals surface area contributed by atoms with E-state index in [1.807, 2.05) is 43.5 Å². The molecular formula is C21H22N2O4. The summed E-state index contributed by atoms with van der Waals surface area (Å²) in [6, 6.07) is 9.19. The summed E-state index contributed by atoms with van der Waals surface area (Å²) in [5.74, 6) is -1.04. The molecule has 0 aliphatic rings. The Morgan fingerprint density at radius 3 is 2.56 bits per heavy atom. The fourth-order valence-corrected chi connectivity index (χ4v) is 3.00. The zero-order chi connectivity index (χ0) is 20.1. The zero-order valence-corrected chi connectivity index (χ0v) is 16.1. The topological polar surface area (TPSA) is 81.3 Å². The van der Waals surface area contributed by atoms with E-state index < -0.39 is 11.9 Å². The summed E-state index contributed by atoms with van der Waals surface area (Å²) in [6.07, 6.45) is 1.52. The smallest absolute Gasteiger partial charge is 0.348 e. The minimum atomic E-state index is -0.645. The van der Waals surface area contributed by atoms with Gasteiger partial charge in [0.05, 0.1) is 19.3 Å². The third kappa shape index (κ3) is 3.93. The van der Waals surface area contributed by atoms with E-state index in [2.05, 4.69) is 0 Å². The maximum Gasteiger partial charge on any atom is 0.348 e. The van der Waals surface area contributed by atoms with Crippen molar-refractivity contribution in [3.8, 4) is 11.8 Å². The summed E-state index contributed by atoms with van der Waals surface area (Å²) in [6.45, 7) is 7.57. The lowest BCUT2D eigenvalue weighted by Crippen LogP contribution is -2.09. The molecule has 6 heteroatoms. The minimum absolute atomic E-state index is 0.0582. The van der Waals surface area contributed by atoms with Crippen molar-refractivity contribution >= 4 is 18.0 Å². The molecule has 2 rings (SSSR count). The van der Waals surface area contributed by atoms with Crippen molar-refractivity contribution in [3.63, 3.8) is 0 Å². The van der Waals surface area contributed by atoms with E-state index in [0.29, 0.717) is 5.56 Å². The number of carbonyl (C=O) groups is 2. The predicted molar refractivity (Wildman–Crippen MR) is 102 cm³/mol. The highest BCUT2D eigenvalue weighted by molar-refractivity contribution is 5.98. The van der Waals surface area contributed by atoms with E-state index in [0.717, 1.165) is 28.2 Å². The lowest BCUT2D eigenvalue weighted by atomic mass is 10.1. The van der Waals surface area contributed by atoms with Crippen LogP contribution in [0.1, 0.15) is 39.8 Å². The van der Waals surface area contributed by atoms with Crippen LogP contribution in [-0.2, 0) is 14.3 Å². The molecule has 0 unspecified atom stereocenters. The Labute approximate surface area is 158 Å². The first-order valence-corrected chi connectivity index (χ1v) is 8.51. The molecule has 0 atom stereocenters. The van der Waals surface area contributed by atoms with Crippen molar-refractivity contribution in [3.05, 3.63) is 57.9 Å². The molecule has 1 aromatic carbocycles. The highest BCUT2D eigenvalue weighted by Gasteiger charge is 2.18. The first-order chi connectivity index (χ1) is 12.8. The number of rotatable bonds is 5. The van der Waals surface area contributed by atoms with Gasteiger partial charge in [0.2, 0.25) is 0 Å². The average molecular weight is 366 g/mol. The van der Waals surface area contributed by atoms with Gasteiger partial charge in [0.15, 0.2) is 0 Å². The number of hydrogen-bond donors (Lipinski definition) is 0. The summed E-state index contributed by atoms with van der Waals surface area (Å²) in [5.41, 5.74) is 4.54. The Kier molecular flexibility index (Phi) is 6.19. The van der Waals surface area contributed by atoms with Crippen LogP contribution in [0.2, 0.25) is 0 Å². The number of aryl methyl sites for hydroxylation is 1. The molecule has 0 bridgehead atoms. The minimum Gasteiger partial charge on any atom is -0.465 e. The number of carbonyl (C=O) groups excluding carboxylic acids is 2. The molecule has 0 saturated carbocycles. The van der Waals surface area contributed by atoms with Gasteiger partial charge in [-0.2, -0.15) is 5.26 Å². The van der Waals surface area contributed by atoms with Gasteiger partial charge in [-0.15, -0.1) is 0 Å². The number of nitriles is 1. The van der Waals surface area contributed by atoms with Gasteiger partial charge in [0.1, 0.15) is 11.6 Å². The van der Waals surface area contributed by atoms with Crippen LogP contribution >= 0.6 is 0 Å². The first-order valence-electron chi connectivity index (χ1n) is 8.51. The second-order valence-corrected chi connectivity index (χ2v) is 5.99. The Bertz CT molecular complexity index is 961. The molecule has 2 aromatic rings. The van der Waals surface area contributed by atoms with Gasteiger partial charge in [-0.1, -0.05) is 6.07 Å². The summed E-state index contributed by atoms with van der Waals surface area (Å²) >= 11 is 0. The van der Waals surface area contributed by atoms with Gasteiger partial charge in [-0.05, 0) is 63.1 Å². The Morgan fingerprint density at radius 1 is 1.26 bits per heavy atom. The SMILES string of the molecule is CCOC(=O)/C(C#N)=C/c1cc(C)n(-c2cccc(C(=O)OC)c2C)c1C. The molecule has 6 nitrogen and oxygen atoms in total. The largest absolute Gasteiger partial charge is 0.465 e. The van der Waals surface area contributed by atoms with Gasteiger partial charge in [-0.25, -0.2) is 9.59 Å². The highest BCUT2D eigenvalue weighted by atomic mass is 16.5. The predicted octanol–water partition coefficient (Wildman–Crippen LogP) is 3.66. The molecule has 1 aromatic heterocycles. The molecule has 0 fully saturated rings. The Balaban J connectivity index is 2.59. The quantitative estimate of drug-likeness (QED) is 0.458. The summed E-state index contributed by atoms with van der Waals surface area (Å²) in [5, 5.41) is 9.26. The van der Waals surface area contributed by atoms with Crippen molar-refractivity contribution in [1.82, 2.24) is 4.57 Å². The summed E-state index contributed by atoms with van der Waals surface area (Å²) in [7, 11) is 1.35. The van der Waals surface area contributed by atoms with E-state index >= 15 is 0 Å². The van der Waals surface area contributed by atoms with Crippen molar-refractivity contribution in [2.75, 3.05) is 13.7 Å². The fourth-order valence-electron chi connectivity index (χ4n) is 3.00. The molecule has 140 valence electrons. The number of nitrogens with zero attached hydrogens (tertiary/aromatic N) is 2. The van der Waals surface area contributed by atoms with E-state index in [4.69, 9.17) is 9.47 Å². The lowest BCUT2D eigenvalue weighted by molar-refractivity contribution is -0.137. The number of aromatic nitrogens is 1. The maximum atomic E-state index is 12.0. The number of esters is 2. The van der Waals surface area contributed by atoms with Crippen LogP contribution < -0.4 is 0 Å². The van der Waals surface area contributed by atoms with Crippen molar-refractivity contribution in [1.29, 1.82) is 5.26 Å². The van der Waals surface area contributed by atoms with Crippen LogP contribution in [0.4, 0.5) is 0 Å². The fraction of sp³-hybridized carbons (Fsp3) is 0.286. The number of benzene rings is 1. The van der Waals surface area contributed by atoms with Crippen LogP contribution in [0.5, 0.6) is 0 Å². The van der Waals surface area contributed by atoms with Crippen molar-refractivity contribution in [2.45, 2.75) is 27.7 Å². The van der Waals surface area contributed by atoms with Gasteiger partial charge in [-0.3, -0.25) is 0 Å². The van der Waals surface area contributed by atoms with E-state index in [1.165, 1.54) is 13.2 Å². The summed E-state index contributed by atoms with van der Waals surface area (Å²) < 4.78 is 11.7. The average Bonchev–Trinajstić information content (AvgIpc) is 2.92. The van der Waals surface area contributed by atoms with Gasteiger partial charge >= 0.3 is 11.9 Å². The zero-order valence-electron chi connectivity index (χ0n) is 16.1. The normalized spacial score (nSPS) is 11.0. The number of methoxy groups -OCH3 is 1. The third-order valence-corrected chi connectivity index (χ3v) is 4.34. The summed E-state index contributed by atoms with van der Waals surface area (Å²) in [4.78, 5) is 23.9. The molecule has 0 saturated heterocycles. The molecule has 0 N–H and O–H groups in total. The van der Waals surface area contributed by atoms with Gasteiger partial charge in [0.25, 0.3) is 0 Å². The molecule has 1 heterocycles. The molecule has 0 spiro atoms. The molecule has 0 amide bonds. The second kappa shape index (κ2) is 8.37. The molecule has 0 aliphatic carbocycles. The van der Waals surface area contributed by atoms with E-state index in [9.17, 15) is 14.9 Å². The lowest BCUT2D eigenvalue weighted by Gasteiger charge is -2.15. The first kappa shape index (κ1) is 20.0. The third-order valence-electron chi connectivity index (χ3n) is 4.34. The standard InChI is InChI=1S/C21H22N2O4/c1-6-27-20(24)17(12-22)11-16-10-13(2)23(15(16)4)19-9-7-8-18(14(19)3)21(25)26-5/h7-11H,6H2,1-5H3/b17-11+. The Hall–Kier alpha value is -3.33. The van der Waals surface area contributed by atoms with Crippen LogP contribution in [0.15, 0.2) is 29.8 Å². The monoisotopic (exact) mass is 366 g/mol. The van der Waals surface area contributed by atoms with E-state index in [-0.39, 0.29) is 12.2 Å². The molecule has 0 radical (unpaired) electrons. The van der Waals surface area contributed by atoms with E-state index in [1.54, 1.807) is 19.1 Å². The number of ether oxygens (including phenoxy) is 2. The maximum absolute atomic E-state index is 12.0. The molecular weight excluding hydrogens is 344 g/mol. The van der Waals surface area contributed by atoms with Crippen LogP contribution in [0.25, 0.3) is 11.8 Å². The van der Waals surface area contributed by atoms with Crippen molar-refractivity contribution in [2.24, 2.45) is 0 Å². The highest BCUT2D eigenvalue weighted by Crippen LogP contribution is 2.26. The van der Waals surface area contributed by atoms with Crippen molar-refractivity contribution < 1.29 is 19.1 Å². The Morgan fingerprint density at radius 2 is 1.96 bits per heavy atom. The van der Waals surface area contributed by atoms with Crippen LogP contribution in [-0.4, -0.2) is 30.2 Å². The van der Waals surface area contributed by atoms with Gasteiger partial charge < -0.3 is 14.0 Å². The molecule has 0 aliphatic heterocycles. The second-order valence-electron chi connectivity index (χ2n) is 5.99. The van der Waals surface area contributed by atoms with Crippen LogP contribution in [0, 0.1) is 32.1 Å².